The van der Waals surface area contributed by atoms with E-state index in [1.165, 1.54) is 5.56 Å². The maximum atomic E-state index is 4.70. The minimum atomic E-state index is 0.378. The molecule has 1 N–H and O–H groups in total. The largest absolute Gasteiger partial charge is 0.348 e. The van der Waals surface area contributed by atoms with Crippen molar-refractivity contribution in [3.05, 3.63) is 35.4 Å². The maximum absolute atomic E-state index is 4.70. The van der Waals surface area contributed by atoms with Crippen molar-refractivity contribution in [2.75, 3.05) is 6.54 Å². The molecule has 2 rings (SSSR count). The second kappa shape index (κ2) is 5.82. The van der Waals surface area contributed by atoms with Crippen LogP contribution in [-0.2, 0) is 6.54 Å². The first kappa shape index (κ1) is 12.8. The normalized spacial score (nSPS) is 12.8. The van der Waals surface area contributed by atoms with Gasteiger partial charge in [-0.25, -0.2) is 4.63 Å². The zero-order chi connectivity index (χ0) is 13.0. The molecule has 2 heterocycles. The summed E-state index contributed by atoms with van der Waals surface area (Å²) in [6, 6.07) is 2.51. The van der Waals surface area contributed by atoms with Gasteiger partial charge in [0.15, 0.2) is 0 Å². The molecule has 0 saturated heterocycles. The average Bonchev–Trinajstić information content (AvgIpc) is 2.97. The SMILES string of the molecule is CCCNC(C)c1ccn(Cc2nonc2C)c1. The highest BCUT2D eigenvalue weighted by Crippen LogP contribution is 2.14. The first-order valence-electron chi connectivity index (χ1n) is 6.37. The van der Waals surface area contributed by atoms with Crippen LogP contribution < -0.4 is 5.32 Å². The van der Waals surface area contributed by atoms with Gasteiger partial charge in [-0.15, -0.1) is 0 Å². The Kier molecular flexibility index (Phi) is 4.15. The van der Waals surface area contributed by atoms with Gasteiger partial charge in [-0.05, 0) is 38.4 Å². The minimum Gasteiger partial charge on any atom is -0.348 e. The molecule has 2 aromatic heterocycles. The maximum Gasteiger partial charge on any atom is 0.127 e. The van der Waals surface area contributed by atoms with Crippen molar-refractivity contribution in [3.63, 3.8) is 0 Å². The smallest absolute Gasteiger partial charge is 0.127 e. The molecule has 0 aromatic carbocycles. The standard InChI is InChI=1S/C13H20N4O/c1-4-6-14-10(2)12-5-7-17(8-12)9-13-11(3)15-18-16-13/h5,7-8,10,14H,4,6,9H2,1-3H3. The molecule has 0 aliphatic carbocycles. The van der Waals surface area contributed by atoms with Crippen molar-refractivity contribution in [1.82, 2.24) is 20.2 Å². The highest BCUT2D eigenvalue weighted by molar-refractivity contribution is 5.16. The molecule has 1 atom stereocenters. The lowest BCUT2D eigenvalue weighted by Crippen LogP contribution is -2.18. The van der Waals surface area contributed by atoms with E-state index in [1.807, 2.05) is 6.92 Å². The van der Waals surface area contributed by atoms with Gasteiger partial charge in [0.1, 0.15) is 11.4 Å². The Balaban J connectivity index is 2.00. The van der Waals surface area contributed by atoms with Crippen LogP contribution in [0.25, 0.3) is 0 Å². The Labute approximate surface area is 107 Å². The lowest BCUT2D eigenvalue weighted by molar-refractivity contribution is 0.300. The van der Waals surface area contributed by atoms with Crippen LogP contribution in [0.5, 0.6) is 0 Å². The van der Waals surface area contributed by atoms with Gasteiger partial charge in [-0.3, -0.25) is 0 Å². The average molecular weight is 248 g/mol. The molecule has 2 aromatic rings. The second-order valence-corrected chi connectivity index (χ2v) is 4.59. The number of hydrogen-bond donors (Lipinski definition) is 1. The van der Waals surface area contributed by atoms with Gasteiger partial charge in [0.05, 0.1) is 6.54 Å². The lowest BCUT2D eigenvalue weighted by atomic mass is 10.2. The van der Waals surface area contributed by atoms with Crippen molar-refractivity contribution in [2.24, 2.45) is 0 Å². The summed E-state index contributed by atoms with van der Waals surface area (Å²) < 4.78 is 6.80. The predicted octanol–water partition coefficient (Wildman–Crippen LogP) is 2.29. The summed E-state index contributed by atoms with van der Waals surface area (Å²) in [5.41, 5.74) is 3.02. The molecule has 0 spiro atoms. The van der Waals surface area contributed by atoms with Gasteiger partial charge in [-0.2, -0.15) is 0 Å². The molecule has 98 valence electrons. The van der Waals surface area contributed by atoms with Crippen molar-refractivity contribution in [3.8, 4) is 0 Å². The van der Waals surface area contributed by atoms with Crippen molar-refractivity contribution < 1.29 is 4.63 Å². The first-order chi connectivity index (χ1) is 8.70. The number of nitrogens with zero attached hydrogens (tertiary/aromatic N) is 3. The lowest BCUT2D eigenvalue weighted by Gasteiger charge is -2.11. The molecule has 0 fully saturated rings. The van der Waals surface area contributed by atoms with Crippen molar-refractivity contribution in [1.29, 1.82) is 0 Å². The third kappa shape index (κ3) is 2.98. The molecular formula is C13H20N4O. The number of aryl methyl sites for hydroxylation is 1. The highest BCUT2D eigenvalue weighted by Gasteiger charge is 2.09. The van der Waals surface area contributed by atoms with Gasteiger partial charge >= 0.3 is 0 Å². The molecule has 0 aliphatic heterocycles. The van der Waals surface area contributed by atoms with Crippen LogP contribution in [0.2, 0.25) is 0 Å². The van der Waals surface area contributed by atoms with Crippen LogP contribution in [-0.4, -0.2) is 21.4 Å². The van der Waals surface area contributed by atoms with Crippen LogP contribution in [0.4, 0.5) is 0 Å². The summed E-state index contributed by atoms with van der Waals surface area (Å²) in [7, 11) is 0. The molecule has 0 radical (unpaired) electrons. The summed E-state index contributed by atoms with van der Waals surface area (Å²) in [6.45, 7) is 8.00. The Hall–Kier alpha value is -1.62. The molecule has 5 heteroatoms. The molecule has 0 bridgehead atoms. The number of rotatable bonds is 6. The van der Waals surface area contributed by atoms with Crippen LogP contribution in [0.3, 0.4) is 0 Å². The Morgan fingerprint density at radius 2 is 2.28 bits per heavy atom. The van der Waals surface area contributed by atoms with E-state index >= 15 is 0 Å². The highest BCUT2D eigenvalue weighted by atomic mass is 16.6. The van der Waals surface area contributed by atoms with Crippen LogP contribution in [0.1, 0.15) is 43.3 Å². The Morgan fingerprint density at radius 1 is 1.44 bits per heavy atom. The van der Waals surface area contributed by atoms with Gasteiger partial charge in [0, 0.05) is 18.4 Å². The zero-order valence-corrected chi connectivity index (χ0v) is 11.2. The summed E-state index contributed by atoms with van der Waals surface area (Å²) in [6.07, 6.45) is 5.35. The van der Waals surface area contributed by atoms with E-state index in [4.69, 9.17) is 4.63 Å². The van der Waals surface area contributed by atoms with E-state index in [0.717, 1.165) is 24.4 Å². The van der Waals surface area contributed by atoms with E-state index < -0.39 is 0 Å². The predicted molar refractivity (Wildman–Crippen MR) is 69.3 cm³/mol. The summed E-state index contributed by atoms with van der Waals surface area (Å²) >= 11 is 0. The van der Waals surface area contributed by atoms with Crippen LogP contribution in [0, 0.1) is 6.92 Å². The van der Waals surface area contributed by atoms with E-state index in [-0.39, 0.29) is 0 Å². The fourth-order valence-electron chi connectivity index (χ4n) is 1.86. The minimum absolute atomic E-state index is 0.378. The Morgan fingerprint density at radius 3 is 2.94 bits per heavy atom. The van der Waals surface area contributed by atoms with E-state index in [9.17, 15) is 0 Å². The van der Waals surface area contributed by atoms with E-state index in [0.29, 0.717) is 12.6 Å². The topological polar surface area (TPSA) is 55.9 Å². The third-order valence-electron chi connectivity index (χ3n) is 3.05. The van der Waals surface area contributed by atoms with Gasteiger partial charge in [0.2, 0.25) is 0 Å². The molecule has 18 heavy (non-hydrogen) atoms. The van der Waals surface area contributed by atoms with Gasteiger partial charge in [-0.1, -0.05) is 17.2 Å². The van der Waals surface area contributed by atoms with Crippen molar-refractivity contribution >= 4 is 0 Å². The van der Waals surface area contributed by atoms with Crippen LogP contribution >= 0.6 is 0 Å². The second-order valence-electron chi connectivity index (χ2n) is 4.59. The molecule has 5 nitrogen and oxygen atoms in total. The molecule has 1 unspecified atom stereocenters. The summed E-state index contributed by atoms with van der Waals surface area (Å²) in [5, 5.41) is 11.1. The zero-order valence-electron chi connectivity index (χ0n) is 11.2. The van der Waals surface area contributed by atoms with E-state index in [1.54, 1.807) is 0 Å². The molecule has 0 aliphatic rings. The van der Waals surface area contributed by atoms with Gasteiger partial charge < -0.3 is 9.88 Å². The van der Waals surface area contributed by atoms with Crippen LogP contribution in [0.15, 0.2) is 23.1 Å². The fourth-order valence-corrected chi connectivity index (χ4v) is 1.86. The first-order valence-corrected chi connectivity index (χ1v) is 6.37. The summed E-state index contributed by atoms with van der Waals surface area (Å²) in [5.74, 6) is 0. The Bertz CT molecular complexity index is 489. The monoisotopic (exact) mass is 248 g/mol. The third-order valence-corrected chi connectivity index (χ3v) is 3.05. The molecular weight excluding hydrogens is 228 g/mol. The van der Waals surface area contributed by atoms with E-state index in [2.05, 4.69) is 52.5 Å². The molecule has 0 amide bonds. The fraction of sp³-hybridized carbons (Fsp3) is 0.538. The number of hydrogen-bond acceptors (Lipinski definition) is 4. The number of nitrogens with one attached hydrogen (secondary N) is 1. The summed E-state index contributed by atoms with van der Waals surface area (Å²) in [4.78, 5) is 0. The van der Waals surface area contributed by atoms with Crippen molar-refractivity contribution in [2.45, 2.75) is 39.8 Å². The number of aromatic nitrogens is 3. The molecule has 0 saturated carbocycles. The quantitative estimate of drug-likeness (QED) is 0.852. The van der Waals surface area contributed by atoms with Gasteiger partial charge in [0.25, 0.3) is 0 Å².